The number of carboxylic acid groups (broad SMARTS) is 1. The number of amides is 1. The molecule has 3 aromatic carbocycles. The van der Waals surface area contributed by atoms with Crippen LogP contribution in [0.4, 0.5) is 0 Å². The van der Waals surface area contributed by atoms with Crippen LogP contribution in [0.5, 0.6) is 0 Å². The summed E-state index contributed by atoms with van der Waals surface area (Å²) in [7, 11) is 1.85. The number of hydrogen-bond donors (Lipinski definition) is 1. The summed E-state index contributed by atoms with van der Waals surface area (Å²) >= 11 is 0. The quantitative estimate of drug-likeness (QED) is 0.258. The van der Waals surface area contributed by atoms with Gasteiger partial charge in [0, 0.05) is 31.3 Å². The number of nitrogens with zero attached hydrogens (tertiary/aromatic N) is 3. The van der Waals surface area contributed by atoms with Crippen LogP contribution in [0.2, 0.25) is 0 Å². The lowest BCUT2D eigenvalue weighted by molar-refractivity contribution is 0.0697. The molecule has 37 heavy (non-hydrogen) atoms. The highest BCUT2D eigenvalue weighted by Crippen LogP contribution is 2.31. The first kappa shape index (κ1) is 26.1. The monoisotopic (exact) mass is 497 g/mol. The van der Waals surface area contributed by atoms with Gasteiger partial charge in [-0.15, -0.1) is 0 Å². The van der Waals surface area contributed by atoms with Crippen LogP contribution in [0.1, 0.15) is 71.6 Å². The zero-order chi connectivity index (χ0) is 26.5. The SMILES string of the molecule is CCCCc1nc2ccc(C(=O)N(C)CCCC)cc2n1-c1ccc(-c2ccccc2C(=O)O)c(C)c1. The first-order chi connectivity index (χ1) is 17.8. The number of carboxylic acids is 1. The molecule has 0 saturated heterocycles. The number of imidazole rings is 1. The Labute approximate surface area is 218 Å². The van der Waals surface area contributed by atoms with E-state index in [1.54, 1.807) is 17.0 Å². The van der Waals surface area contributed by atoms with E-state index < -0.39 is 5.97 Å². The lowest BCUT2D eigenvalue weighted by Gasteiger charge is -2.17. The number of aryl methyl sites for hydroxylation is 2. The van der Waals surface area contributed by atoms with Gasteiger partial charge in [-0.25, -0.2) is 9.78 Å². The van der Waals surface area contributed by atoms with Gasteiger partial charge in [0.2, 0.25) is 0 Å². The molecule has 0 bridgehead atoms. The highest BCUT2D eigenvalue weighted by Gasteiger charge is 2.18. The number of carbonyl (C=O) groups excluding carboxylic acids is 1. The number of benzene rings is 3. The predicted octanol–water partition coefficient (Wildman–Crippen LogP) is 6.91. The third-order valence-corrected chi connectivity index (χ3v) is 6.83. The first-order valence-corrected chi connectivity index (χ1v) is 13.1. The average molecular weight is 498 g/mol. The summed E-state index contributed by atoms with van der Waals surface area (Å²) in [5.41, 5.74) is 6.20. The van der Waals surface area contributed by atoms with Crippen molar-refractivity contribution in [1.29, 1.82) is 0 Å². The minimum absolute atomic E-state index is 0.00927. The van der Waals surface area contributed by atoms with Gasteiger partial charge in [0.05, 0.1) is 16.6 Å². The van der Waals surface area contributed by atoms with Gasteiger partial charge in [0.15, 0.2) is 0 Å². The molecule has 0 unspecified atom stereocenters. The molecule has 4 aromatic rings. The van der Waals surface area contributed by atoms with E-state index in [0.29, 0.717) is 11.1 Å². The van der Waals surface area contributed by atoms with Crippen LogP contribution in [0.15, 0.2) is 60.7 Å². The van der Waals surface area contributed by atoms with Crippen molar-refractivity contribution >= 4 is 22.9 Å². The molecule has 0 fully saturated rings. The molecule has 6 nitrogen and oxygen atoms in total. The van der Waals surface area contributed by atoms with Crippen LogP contribution < -0.4 is 0 Å². The summed E-state index contributed by atoms with van der Waals surface area (Å²) in [4.78, 5) is 31.6. The molecule has 0 saturated carbocycles. The summed E-state index contributed by atoms with van der Waals surface area (Å²) in [6.45, 7) is 7.01. The highest BCUT2D eigenvalue weighted by molar-refractivity contribution is 5.98. The molecule has 6 heteroatoms. The number of aromatic carboxylic acids is 1. The highest BCUT2D eigenvalue weighted by atomic mass is 16.4. The maximum absolute atomic E-state index is 13.1. The van der Waals surface area contributed by atoms with Crippen molar-refractivity contribution in [2.75, 3.05) is 13.6 Å². The minimum Gasteiger partial charge on any atom is -0.478 e. The molecule has 0 atom stereocenters. The molecule has 1 amide bonds. The number of fused-ring (bicyclic) bond motifs is 1. The molecule has 0 aliphatic carbocycles. The topological polar surface area (TPSA) is 75.4 Å². The van der Waals surface area contributed by atoms with Gasteiger partial charge in [-0.2, -0.15) is 0 Å². The molecule has 0 aliphatic rings. The summed E-state index contributed by atoms with van der Waals surface area (Å²) in [6, 6.07) is 18.9. The second kappa shape index (κ2) is 11.4. The average Bonchev–Trinajstić information content (AvgIpc) is 3.27. The van der Waals surface area contributed by atoms with Crippen molar-refractivity contribution in [2.45, 2.75) is 52.9 Å². The van der Waals surface area contributed by atoms with Gasteiger partial charge in [0.25, 0.3) is 5.91 Å². The molecule has 1 N–H and O–H groups in total. The van der Waals surface area contributed by atoms with Crippen molar-refractivity contribution in [3.05, 3.63) is 83.2 Å². The Morgan fingerprint density at radius 3 is 2.41 bits per heavy atom. The van der Waals surface area contributed by atoms with Gasteiger partial charge in [-0.1, -0.05) is 51.0 Å². The van der Waals surface area contributed by atoms with Crippen molar-refractivity contribution in [1.82, 2.24) is 14.5 Å². The summed E-state index contributed by atoms with van der Waals surface area (Å²) < 4.78 is 2.15. The van der Waals surface area contributed by atoms with Crippen molar-refractivity contribution in [3.8, 4) is 16.8 Å². The fraction of sp³-hybridized carbons (Fsp3) is 0.323. The van der Waals surface area contributed by atoms with Crippen molar-refractivity contribution in [3.63, 3.8) is 0 Å². The zero-order valence-corrected chi connectivity index (χ0v) is 22.1. The number of aromatic nitrogens is 2. The van der Waals surface area contributed by atoms with Gasteiger partial charge >= 0.3 is 5.97 Å². The number of carbonyl (C=O) groups is 2. The second-order valence-corrected chi connectivity index (χ2v) is 9.60. The largest absolute Gasteiger partial charge is 0.478 e. The Bertz CT molecular complexity index is 1440. The molecule has 192 valence electrons. The van der Waals surface area contributed by atoms with E-state index in [1.165, 1.54) is 0 Å². The summed E-state index contributed by atoms with van der Waals surface area (Å²) in [5, 5.41) is 9.67. The Kier molecular flexibility index (Phi) is 8.07. The number of hydrogen-bond acceptors (Lipinski definition) is 3. The van der Waals surface area contributed by atoms with E-state index in [-0.39, 0.29) is 11.5 Å². The molecule has 0 spiro atoms. The predicted molar refractivity (Wildman–Crippen MR) is 149 cm³/mol. The first-order valence-electron chi connectivity index (χ1n) is 13.1. The summed E-state index contributed by atoms with van der Waals surface area (Å²) in [6.07, 6.45) is 4.90. The molecular formula is C31H35N3O3. The Balaban J connectivity index is 1.82. The second-order valence-electron chi connectivity index (χ2n) is 9.60. The Hall–Kier alpha value is -3.93. The van der Waals surface area contributed by atoms with E-state index in [4.69, 9.17) is 4.98 Å². The van der Waals surface area contributed by atoms with Crippen LogP contribution in [0.3, 0.4) is 0 Å². The molecule has 0 radical (unpaired) electrons. The molecule has 0 aliphatic heterocycles. The van der Waals surface area contributed by atoms with Crippen LogP contribution >= 0.6 is 0 Å². The molecule has 4 rings (SSSR count). The van der Waals surface area contributed by atoms with Gasteiger partial charge in [0.1, 0.15) is 5.82 Å². The fourth-order valence-electron chi connectivity index (χ4n) is 4.76. The number of rotatable bonds is 10. The smallest absolute Gasteiger partial charge is 0.336 e. The van der Waals surface area contributed by atoms with E-state index in [1.807, 2.05) is 56.4 Å². The maximum Gasteiger partial charge on any atom is 0.336 e. The van der Waals surface area contributed by atoms with E-state index in [9.17, 15) is 14.7 Å². The van der Waals surface area contributed by atoms with E-state index in [0.717, 1.165) is 72.3 Å². The Morgan fingerprint density at radius 1 is 0.946 bits per heavy atom. The van der Waals surface area contributed by atoms with Crippen LogP contribution in [-0.2, 0) is 6.42 Å². The van der Waals surface area contributed by atoms with Crippen LogP contribution in [0, 0.1) is 6.92 Å². The molecule has 1 aromatic heterocycles. The van der Waals surface area contributed by atoms with E-state index in [2.05, 4.69) is 24.5 Å². The lowest BCUT2D eigenvalue weighted by Crippen LogP contribution is -2.27. The maximum atomic E-state index is 13.1. The molecular weight excluding hydrogens is 462 g/mol. The number of unbranched alkanes of at least 4 members (excludes halogenated alkanes) is 2. The zero-order valence-electron chi connectivity index (χ0n) is 22.1. The molecule has 1 heterocycles. The third-order valence-electron chi connectivity index (χ3n) is 6.83. The Morgan fingerprint density at radius 2 is 1.70 bits per heavy atom. The van der Waals surface area contributed by atoms with Gasteiger partial charge in [-0.3, -0.25) is 9.36 Å². The lowest BCUT2D eigenvalue weighted by atomic mass is 9.95. The van der Waals surface area contributed by atoms with Gasteiger partial charge < -0.3 is 10.0 Å². The van der Waals surface area contributed by atoms with Gasteiger partial charge in [-0.05, 0) is 72.9 Å². The van der Waals surface area contributed by atoms with Crippen molar-refractivity contribution < 1.29 is 14.7 Å². The normalized spacial score (nSPS) is 11.1. The van der Waals surface area contributed by atoms with Crippen LogP contribution in [0.25, 0.3) is 27.8 Å². The standard InChI is InChI=1S/C31H35N3O3/c1-5-7-13-29-32-27-17-14-22(30(35)33(4)18-8-6-2)20-28(27)34(29)23-15-16-24(21(3)19-23)25-11-9-10-12-26(25)31(36)37/h9-12,14-17,19-20H,5-8,13,18H2,1-4H3,(H,36,37). The van der Waals surface area contributed by atoms with Crippen LogP contribution in [-0.4, -0.2) is 45.0 Å². The summed E-state index contributed by atoms with van der Waals surface area (Å²) in [5.74, 6) is 0.0246. The minimum atomic E-state index is -0.942. The van der Waals surface area contributed by atoms with E-state index >= 15 is 0 Å². The fourth-order valence-corrected chi connectivity index (χ4v) is 4.76. The van der Waals surface area contributed by atoms with Crippen molar-refractivity contribution in [2.24, 2.45) is 0 Å². The third kappa shape index (κ3) is 5.43.